The van der Waals surface area contributed by atoms with Crippen molar-refractivity contribution in [2.24, 2.45) is 5.92 Å². The molecule has 2 aromatic heterocycles. The summed E-state index contributed by atoms with van der Waals surface area (Å²) < 4.78 is 12.5. The Hall–Kier alpha value is -3.59. The van der Waals surface area contributed by atoms with Crippen LogP contribution in [0.25, 0.3) is 44.1 Å². The summed E-state index contributed by atoms with van der Waals surface area (Å²) >= 11 is 0. The molecule has 188 valence electrons. The number of nitrogens with zero attached hydrogens (tertiary/aromatic N) is 1. The van der Waals surface area contributed by atoms with Crippen LogP contribution in [0, 0.1) is 5.92 Å². The van der Waals surface area contributed by atoms with Crippen LogP contribution in [-0.4, -0.2) is 11.1 Å². The molecule has 0 saturated heterocycles. The van der Waals surface area contributed by atoms with Crippen molar-refractivity contribution in [1.29, 1.82) is 0 Å². The van der Waals surface area contributed by atoms with E-state index in [4.69, 9.17) is 14.1 Å². The van der Waals surface area contributed by atoms with Crippen LogP contribution >= 0.6 is 0 Å². The van der Waals surface area contributed by atoms with Crippen molar-refractivity contribution in [3.8, 4) is 28.1 Å². The van der Waals surface area contributed by atoms with E-state index in [0.29, 0.717) is 5.92 Å². The van der Waals surface area contributed by atoms with E-state index in [0.717, 1.165) is 63.4 Å². The summed E-state index contributed by atoms with van der Waals surface area (Å²) in [6, 6.07) is 24.1. The molecule has 0 fully saturated rings. The first-order valence-corrected chi connectivity index (χ1v) is 13.4. The number of pyridine rings is 1. The SMILES string of the molecule is CC(C)Cc1cc2ccc(-c3cc(-c4cc(C(C)(C)C)c5ccccc5c4)nc4c3OC(C)C4)cc2o1. The monoisotopic (exact) mass is 489 g/mol. The first kappa shape index (κ1) is 23.8. The molecule has 6 rings (SSSR count). The van der Waals surface area contributed by atoms with Crippen LogP contribution in [0.1, 0.15) is 58.6 Å². The van der Waals surface area contributed by atoms with Gasteiger partial charge in [-0.05, 0) is 70.5 Å². The van der Waals surface area contributed by atoms with Crippen molar-refractivity contribution in [1.82, 2.24) is 4.98 Å². The Morgan fingerprint density at radius 1 is 0.919 bits per heavy atom. The second kappa shape index (κ2) is 8.76. The minimum atomic E-state index is 0.0187. The highest BCUT2D eigenvalue weighted by molar-refractivity contribution is 5.92. The maximum absolute atomic E-state index is 6.31. The summed E-state index contributed by atoms with van der Waals surface area (Å²) in [5.41, 5.74) is 7.63. The quantitative estimate of drug-likeness (QED) is 0.252. The number of rotatable bonds is 4. The van der Waals surface area contributed by atoms with Crippen LogP contribution in [0.15, 0.2) is 71.1 Å². The zero-order valence-electron chi connectivity index (χ0n) is 22.7. The fourth-order valence-electron chi connectivity index (χ4n) is 5.57. The van der Waals surface area contributed by atoms with Crippen LogP contribution in [0.5, 0.6) is 5.75 Å². The van der Waals surface area contributed by atoms with Crippen molar-refractivity contribution in [2.45, 2.75) is 65.9 Å². The normalized spacial score (nSPS) is 15.5. The first-order valence-electron chi connectivity index (χ1n) is 13.4. The van der Waals surface area contributed by atoms with E-state index in [-0.39, 0.29) is 11.5 Å². The zero-order valence-corrected chi connectivity index (χ0v) is 22.7. The lowest BCUT2D eigenvalue weighted by molar-refractivity contribution is 0.255. The van der Waals surface area contributed by atoms with E-state index < -0.39 is 0 Å². The maximum Gasteiger partial charge on any atom is 0.149 e. The molecule has 1 aliphatic rings. The van der Waals surface area contributed by atoms with Gasteiger partial charge in [-0.25, -0.2) is 4.98 Å². The molecule has 3 heterocycles. The molecular formula is C34H35NO2. The van der Waals surface area contributed by atoms with Gasteiger partial charge in [0.05, 0.1) is 11.4 Å². The lowest BCUT2D eigenvalue weighted by Gasteiger charge is -2.23. The molecule has 1 atom stereocenters. The van der Waals surface area contributed by atoms with Gasteiger partial charge in [-0.2, -0.15) is 0 Å². The Morgan fingerprint density at radius 2 is 1.73 bits per heavy atom. The highest BCUT2D eigenvalue weighted by Crippen LogP contribution is 2.42. The van der Waals surface area contributed by atoms with Crippen molar-refractivity contribution in [2.75, 3.05) is 0 Å². The Bertz CT molecular complexity index is 1630. The van der Waals surface area contributed by atoms with Gasteiger partial charge in [0, 0.05) is 29.4 Å². The molecule has 0 spiro atoms. The van der Waals surface area contributed by atoms with Gasteiger partial charge in [-0.15, -0.1) is 0 Å². The molecule has 5 aromatic rings. The van der Waals surface area contributed by atoms with E-state index in [1.54, 1.807) is 0 Å². The van der Waals surface area contributed by atoms with Gasteiger partial charge in [0.1, 0.15) is 23.2 Å². The summed E-state index contributed by atoms with van der Waals surface area (Å²) in [7, 11) is 0. The number of fused-ring (bicyclic) bond motifs is 3. The molecule has 3 nitrogen and oxygen atoms in total. The van der Waals surface area contributed by atoms with E-state index in [2.05, 4.69) is 108 Å². The van der Waals surface area contributed by atoms with Gasteiger partial charge < -0.3 is 9.15 Å². The van der Waals surface area contributed by atoms with E-state index in [1.807, 2.05) is 0 Å². The number of ether oxygens (including phenoxy) is 1. The van der Waals surface area contributed by atoms with Gasteiger partial charge in [-0.1, -0.05) is 71.0 Å². The minimum absolute atomic E-state index is 0.0187. The molecule has 3 heteroatoms. The average Bonchev–Trinajstić information content (AvgIpc) is 3.42. The van der Waals surface area contributed by atoms with Crippen LogP contribution in [0.2, 0.25) is 0 Å². The fraction of sp³-hybridized carbons (Fsp3) is 0.324. The van der Waals surface area contributed by atoms with E-state index >= 15 is 0 Å². The van der Waals surface area contributed by atoms with E-state index in [1.165, 1.54) is 16.3 Å². The second-order valence-corrected chi connectivity index (χ2v) is 12.0. The van der Waals surface area contributed by atoms with Crippen LogP contribution in [0.3, 0.4) is 0 Å². The fourth-order valence-corrected chi connectivity index (χ4v) is 5.57. The lowest BCUT2D eigenvalue weighted by Crippen LogP contribution is -2.12. The number of hydrogen-bond donors (Lipinski definition) is 0. The predicted octanol–water partition coefficient (Wildman–Crippen LogP) is 9.13. The third kappa shape index (κ3) is 4.41. The van der Waals surface area contributed by atoms with Gasteiger partial charge in [0.2, 0.25) is 0 Å². The molecule has 1 aliphatic heterocycles. The number of aromatic nitrogens is 1. The number of furan rings is 1. The van der Waals surface area contributed by atoms with Crippen LogP contribution in [-0.2, 0) is 18.3 Å². The Kier molecular flexibility index (Phi) is 5.63. The number of benzene rings is 3. The Labute approximate surface area is 219 Å². The van der Waals surface area contributed by atoms with Gasteiger partial charge in [0.25, 0.3) is 0 Å². The molecule has 0 amide bonds. The maximum atomic E-state index is 6.31. The molecule has 0 saturated carbocycles. The minimum Gasteiger partial charge on any atom is -0.488 e. The summed E-state index contributed by atoms with van der Waals surface area (Å²) in [6.07, 6.45) is 1.87. The summed E-state index contributed by atoms with van der Waals surface area (Å²) in [5.74, 6) is 2.50. The zero-order chi connectivity index (χ0) is 25.9. The number of hydrogen-bond acceptors (Lipinski definition) is 3. The van der Waals surface area contributed by atoms with Crippen molar-refractivity contribution >= 4 is 21.7 Å². The highest BCUT2D eigenvalue weighted by Gasteiger charge is 2.27. The van der Waals surface area contributed by atoms with Crippen LogP contribution < -0.4 is 4.74 Å². The molecular weight excluding hydrogens is 454 g/mol. The Balaban J connectivity index is 1.53. The van der Waals surface area contributed by atoms with Gasteiger partial charge in [0.15, 0.2) is 0 Å². The first-order chi connectivity index (χ1) is 17.7. The average molecular weight is 490 g/mol. The molecule has 3 aromatic carbocycles. The summed E-state index contributed by atoms with van der Waals surface area (Å²) in [4.78, 5) is 5.14. The smallest absolute Gasteiger partial charge is 0.149 e. The van der Waals surface area contributed by atoms with E-state index in [9.17, 15) is 0 Å². The third-order valence-corrected chi connectivity index (χ3v) is 7.30. The largest absolute Gasteiger partial charge is 0.488 e. The summed E-state index contributed by atoms with van der Waals surface area (Å²) in [5, 5.41) is 3.69. The molecule has 0 aliphatic carbocycles. The van der Waals surface area contributed by atoms with Crippen molar-refractivity contribution < 1.29 is 9.15 Å². The topological polar surface area (TPSA) is 35.3 Å². The van der Waals surface area contributed by atoms with Crippen molar-refractivity contribution in [3.05, 3.63) is 83.7 Å². The summed E-state index contributed by atoms with van der Waals surface area (Å²) in [6.45, 7) is 13.4. The molecule has 0 radical (unpaired) electrons. The molecule has 1 unspecified atom stereocenters. The lowest BCUT2D eigenvalue weighted by atomic mass is 9.82. The molecule has 0 bridgehead atoms. The molecule has 0 N–H and O–H groups in total. The molecule has 37 heavy (non-hydrogen) atoms. The highest BCUT2D eigenvalue weighted by atomic mass is 16.5. The Morgan fingerprint density at radius 3 is 2.51 bits per heavy atom. The van der Waals surface area contributed by atoms with Gasteiger partial charge >= 0.3 is 0 Å². The van der Waals surface area contributed by atoms with Crippen LogP contribution in [0.4, 0.5) is 0 Å². The van der Waals surface area contributed by atoms with Crippen molar-refractivity contribution in [3.63, 3.8) is 0 Å². The third-order valence-electron chi connectivity index (χ3n) is 7.30. The predicted molar refractivity (Wildman–Crippen MR) is 153 cm³/mol. The second-order valence-electron chi connectivity index (χ2n) is 12.0. The van der Waals surface area contributed by atoms with Gasteiger partial charge in [-0.3, -0.25) is 0 Å². The standard InChI is InChI=1S/C34H35NO2/c1-20(2)13-26-16-24-12-11-23(18-32(24)37-26)28-19-30(35-31-14-21(3)36-33(28)31)25-15-22-9-7-8-10-27(22)29(17-25)34(4,5)6/h7-12,15-21H,13-14H2,1-6H3.